The highest BCUT2D eigenvalue weighted by Gasteiger charge is 2.23. The largest absolute Gasteiger partial charge is 0.490 e. The molecule has 0 amide bonds. The molecule has 7 nitrogen and oxygen atoms in total. The van der Waals surface area contributed by atoms with Crippen LogP contribution in [-0.4, -0.2) is 39.4 Å². The number of ether oxygens (including phenoxy) is 2. The van der Waals surface area contributed by atoms with Crippen molar-refractivity contribution in [3.8, 4) is 17.6 Å². The summed E-state index contributed by atoms with van der Waals surface area (Å²) in [6, 6.07) is 10.2. The molecule has 27 heavy (non-hydrogen) atoms. The Balaban J connectivity index is 2.39. The first kappa shape index (κ1) is 20.7. The number of rotatable bonds is 6. The smallest absolute Gasteiger partial charge is 0.343 e. The maximum absolute atomic E-state index is 12.5. The quantitative estimate of drug-likeness (QED) is 0.538. The lowest BCUT2D eigenvalue weighted by molar-refractivity contribution is 0.0728. The summed E-state index contributed by atoms with van der Waals surface area (Å²) in [7, 11) is -1.10. The van der Waals surface area contributed by atoms with E-state index in [4.69, 9.17) is 26.3 Å². The van der Waals surface area contributed by atoms with E-state index < -0.39 is 16.0 Å². The molecule has 0 fully saturated rings. The highest BCUT2D eigenvalue weighted by atomic mass is 35.5. The summed E-state index contributed by atoms with van der Waals surface area (Å²) in [5.41, 5.74) is 0.357. The lowest BCUT2D eigenvalue weighted by atomic mass is 10.2. The first-order valence-corrected chi connectivity index (χ1v) is 9.63. The van der Waals surface area contributed by atoms with Gasteiger partial charge in [0.2, 0.25) is 10.0 Å². The number of halogens is 1. The molecule has 0 aromatic heterocycles. The molecular weight excluding hydrogens is 392 g/mol. The third-order valence-corrected chi connectivity index (χ3v) is 5.80. The number of nitrogens with zero attached hydrogens (tertiary/aromatic N) is 2. The molecule has 0 radical (unpaired) electrons. The van der Waals surface area contributed by atoms with Crippen molar-refractivity contribution in [1.29, 1.82) is 5.26 Å². The molecule has 2 rings (SSSR count). The van der Waals surface area contributed by atoms with E-state index >= 15 is 0 Å². The van der Waals surface area contributed by atoms with Gasteiger partial charge in [0.25, 0.3) is 0 Å². The zero-order valence-electron chi connectivity index (χ0n) is 14.9. The average Bonchev–Trinajstić information content (AvgIpc) is 2.63. The monoisotopic (exact) mass is 408 g/mol. The van der Waals surface area contributed by atoms with Gasteiger partial charge < -0.3 is 9.47 Å². The average molecular weight is 409 g/mol. The van der Waals surface area contributed by atoms with Crippen LogP contribution in [0, 0.1) is 11.3 Å². The van der Waals surface area contributed by atoms with Crippen LogP contribution in [0.3, 0.4) is 0 Å². The van der Waals surface area contributed by atoms with E-state index in [0.717, 1.165) is 10.4 Å². The summed E-state index contributed by atoms with van der Waals surface area (Å²) in [6.45, 7) is 2.06. The van der Waals surface area contributed by atoms with Crippen molar-refractivity contribution in [1.82, 2.24) is 4.31 Å². The molecule has 0 atom stereocenters. The number of esters is 1. The molecule has 0 bridgehead atoms. The van der Waals surface area contributed by atoms with E-state index in [1.54, 1.807) is 6.92 Å². The van der Waals surface area contributed by atoms with Crippen LogP contribution in [0.1, 0.15) is 22.8 Å². The van der Waals surface area contributed by atoms with Gasteiger partial charge in [-0.15, -0.1) is 0 Å². The van der Waals surface area contributed by atoms with Crippen molar-refractivity contribution in [2.24, 2.45) is 0 Å². The second kappa shape index (κ2) is 8.39. The Bertz CT molecular complexity index is 1010. The molecule has 0 N–H and O–H groups in total. The fraction of sp³-hybridized carbons (Fsp3) is 0.222. The number of carbonyl (C=O) groups excluding carboxylic acids is 1. The molecule has 0 saturated heterocycles. The fourth-order valence-electron chi connectivity index (χ4n) is 2.11. The second-order valence-electron chi connectivity index (χ2n) is 5.53. The SMILES string of the molecule is CCOc1cc(C#N)ccc1OC(=O)c1ccc(Cl)c(S(=O)(=O)N(C)C)c1. The van der Waals surface area contributed by atoms with Crippen molar-refractivity contribution in [3.05, 3.63) is 52.5 Å². The van der Waals surface area contributed by atoms with Gasteiger partial charge in [0, 0.05) is 20.2 Å². The van der Waals surface area contributed by atoms with Crippen LogP contribution in [0.15, 0.2) is 41.3 Å². The molecule has 0 heterocycles. The molecule has 9 heteroatoms. The standard InChI is InChI=1S/C18H17ClN2O5S/c1-4-25-16-9-12(11-20)5-8-15(16)26-18(22)13-6-7-14(19)17(10-13)27(23,24)21(2)3/h5-10H,4H2,1-3H3. The van der Waals surface area contributed by atoms with E-state index in [1.807, 2.05) is 6.07 Å². The molecule has 0 spiro atoms. The van der Waals surface area contributed by atoms with Gasteiger partial charge in [0.15, 0.2) is 11.5 Å². The molecule has 0 saturated carbocycles. The highest BCUT2D eigenvalue weighted by Crippen LogP contribution is 2.30. The molecule has 0 unspecified atom stereocenters. The van der Waals surface area contributed by atoms with Crippen molar-refractivity contribution in [2.45, 2.75) is 11.8 Å². The summed E-state index contributed by atoms with van der Waals surface area (Å²) in [6.07, 6.45) is 0. The first-order valence-electron chi connectivity index (χ1n) is 7.82. The van der Waals surface area contributed by atoms with Gasteiger partial charge >= 0.3 is 5.97 Å². The molecule has 0 aliphatic heterocycles. The van der Waals surface area contributed by atoms with Crippen molar-refractivity contribution in [3.63, 3.8) is 0 Å². The lowest BCUT2D eigenvalue weighted by Crippen LogP contribution is -2.23. The van der Waals surface area contributed by atoms with E-state index in [2.05, 4.69) is 0 Å². The number of benzene rings is 2. The summed E-state index contributed by atoms with van der Waals surface area (Å²) in [5, 5.41) is 8.97. The Morgan fingerprint density at radius 2 is 1.89 bits per heavy atom. The zero-order valence-corrected chi connectivity index (χ0v) is 16.5. The Morgan fingerprint density at radius 1 is 1.19 bits per heavy atom. The number of hydrogen-bond donors (Lipinski definition) is 0. The van der Waals surface area contributed by atoms with Gasteiger partial charge in [0.1, 0.15) is 4.90 Å². The minimum atomic E-state index is -3.83. The maximum atomic E-state index is 12.5. The van der Waals surface area contributed by atoms with Crippen molar-refractivity contribution >= 4 is 27.6 Å². The highest BCUT2D eigenvalue weighted by molar-refractivity contribution is 7.89. The van der Waals surface area contributed by atoms with Crippen LogP contribution in [0.2, 0.25) is 5.02 Å². The van der Waals surface area contributed by atoms with Crippen molar-refractivity contribution < 1.29 is 22.7 Å². The van der Waals surface area contributed by atoms with E-state index in [0.29, 0.717) is 12.2 Å². The second-order valence-corrected chi connectivity index (χ2v) is 8.06. The minimum absolute atomic E-state index is 0.00590. The van der Waals surface area contributed by atoms with Crippen LogP contribution in [-0.2, 0) is 10.0 Å². The Morgan fingerprint density at radius 3 is 2.48 bits per heavy atom. The minimum Gasteiger partial charge on any atom is -0.490 e. The van der Waals surface area contributed by atoms with Crippen LogP contribution < -0.4 is 9.47 Å². The lowest BCUT2D eigenvalue weighted by Gasteiger charge is -2.14. The Kier molecular flexibility index (Phi) is 6.44. The number of hydrogen-bond acceptors (Lipinski definition) is 6. The normalized spacial score (nSPS) is 11.1. The molecule has 142 valence electrons. The summed E-state index contributed by atoms with van der Waals surface area (Å²) in [5.74, 6) is -0.430. The van der Waals surface area contributed by atoms with Crippen LogP contribution in [0.5, 0.6) is 11.5 Å². The number of carbonyl (C=O) groups is 1. The van der Waals surface area contributed by atoms with Crippen LogP contribution in [0.25, 0.3) is 0 Å². The topological polar surface area (TPSA) is 96.7 Å². The molecule has 0 aliphatic carbocycles. The predicted molar refractivity (Wildman–Crippen MR) is 99.6 cm³/mol. The molecule has 0 aliphatic rings. The van der Waals surface area contributed by atoms with Crippen LogP contribution in [0.4, 0.5) is 0 Å². The molecule has 2 aromatic rings. The summed E-state index contributed by atoms with van der Waals surface area (Å²) >= 11 is 5.98. The van der Waals surface area contributed by atoms with E-state index in [-0.39, 0.29) is 27.0 Å². The van der Waals surface area contributed by atoms with Gasteiger partial charge in [-0.2, -0.15) is 5.26 Å². The van der Waals surface area contributed by atoms with Gasteiger partial charge in [-0.1, -0.05) is 11.6 Å². The predicted octanol–water partition coefficient (Wildman–Crippen LogP) is 3.08. The van der Waals surface area contributed by atoms with Gasteiger partial charge in [-0.25, -0.2) is 17.5 Å². The number of nitriles is 1. The third kappa shape index (κ3) is 4.57. The maximum Gasteiger partial charge on any atom is 0.343 e. The van der Waals surface area contributed by atoms with Gasteiger partial charge in [-0.3, -0.25) is 0 Å². The first-order chi connectivity index (χ1) is 12.7. The summed E-state index contributed by atoms with van der Waals surface area (Å²) < 4.78 is 36.4. The number of sulfonamides is 1. The molecule has 2 aromatic carbocycles. The zero-order chi connectivity index (χ0) is 20.2. The third-order valence-electron chi connectivity index (χ3n) is 3.50. The van der Waals surface area contributed by atoms with Crippen molar-refractivity contribution in [2.75, 3.05) is 20.7 Å². The van der Waals surface area contributed by atoms with Gasteiger partial charge in [0.05, 0.1) is 28.8 Å². The van der Waals surface area contributed by atoms with E-state index in [9.17, 15) is 13.2 Å². The van der Waals surface area contributed by atoms with E-state index in [1.165, 1.54) is 44.4 Å². The fourth-order valence-corrected chi connectivity index (χ4v) is 3.51. The van der Waals surface area contributed by atoms with Crippen LogP contribution >= 0.6 is 11.6 Å². The Hall–Kier alpha value is -2.60. The Labute approximate surface area is 162 Å². The van der Waals surface area contributed by atoms with Gasteiger partial charge in [-0.05, 0) is 37.3 Å². The summed E-state index contributed by atoms with van der Waals surface area (Å²) in [4.78, 5) is 12.3. The molecular formula is C18H17ClN2O5S.